The van der Waals surface area contributed by atoms with Gasteiger partial charge in [-0.05, 0) is 30.2 Å². The average molecular weight is 393 g/mol. The van der Waals surface area contributed by atoms with E-state index in [1.54, 1.807) is 13.4 Å². The summed E-state index contributed by atoms with van der Waals surface area (Å²) >= 11 is 0. The molecule has 0 radical (unpaired) electrons. The van der Waals surface area contributed by atoms with Crippen LogP contribution in [0.15, 0.2) is 53.3 Å². The van der Waals surface area contributed by atoms with Gasteiger partial charge >= 0.3 is 0 Å². The smallest absolute Gasteiger partial charge is 0.169 e. The summed E-state index contributed by atoms with van der Waals surface area (Å²) in [6, 6.07) is 8.23. The summed E-state index contributed by atoms with van der Waals surface area (Å²) in [5.41, 5.74) is 7.15. The second-order valence-electron chi connectivity index (χ2n) is 7.25. The molecule has 1 aromatic carbocycles. The number of hydrogen-bond donors (Lipinski definition) is 1. The number of benzene rings is 1. The van der Waals surface area contributed by atoms with E-state index in [0.29, 0.717) is 6.54 Å². The van der Waals surface area contributed by atoms with Crippen molar-refractivity contribution in [3.8, 4) is 5.75 Å². The van der Waals surface area contributed by atoms with Gasteiger partial charge in [-0.1, -0.05) is 37.5 Å². The molecule has 1 unspecified atom stereocenters. The first kappa shape index (κ1) is 19.3. The van der Waals surface area contributed by atoms with Crippen LogP contribution >= 0.6 is 0 Å². The molecule has 0 spiro atoms. The van der Waals surface area contributed by atoms with Gasteiger partial charge in [-0.25, -0.2) is 15.5 Å². The number of aromatic nitrogens is 3. The highest BCUT2D eigenvalue weighted by molar-refractivity contribution is 5.74. The van der Waals surface area contributed by atoms with E-state index in [2.05, 4.69) is 54.5 Å². The Kier molecular flexibility index (Phi) is 6.00. The molecule has 0 saturated heterocycles. The van der Waals surface area contributed by atoms with Gasteiger partial charge in [-0.15, -0.1) is 5.11 Å². The lowest BCUT2D eigenvalue weighted by molar-refractivity contribution is 0.168. The molecule has 1 aliphatic rings. The van der Waals surface area contributed by atoms with Crippen LogP contribution in [0, 0.1) is 0 Å². The lowest BCUT2D eigenvalue weighted by Gasteiger charge is -2.22. The molecule has 0 bridgehead atoms. The summed E-state index contributed by atoms with van der Waals surface area (Å²) in [4.78, 5) is 8.47. The first-order valence-electron chi connectivity index (χ1n) is 10.1. The topological polar surface area (TPSA) is 79.9 Å². The van der Waals surface area contributed by atoms with Crippen molar-refractivity contribution in [2.45, 2.75) is 45.3 Å². The maximum Gasteiger partial charge on any atom is 0.169 e. The Bertz CT molecular complexity index is 984. The largest absolute Gasteiger partial charge is 0.496 e. The molecule has 3 heterocycles. The van der Waals surface area contributed by atoms with Crippen LogP contribution in [0.3, 0.4) is 0 Å². The molecule has 4 rings (SSSR count). The second-order valence-corrected chi connectivity index (χ2v) is 7.25. The fourth-order valence-electron chi connectivity index (χ4n) is 3.71. The first-order chi connectivity index (χ1) is 14.3. The Morgan fingerprint density at radius 1 is 1.17 bits per heavy atom. The van der Waals surface area contributed by atoms with E-state index < -0.39 is 0 Å². The van der Waals surface area contributed by atoms with Crippen LogP contribution in [0.25, 0.3) is 11.0 Å². The van der Waals surface area contributed by atoms with E-state index in [1.807, 2.05) is 24.5 Å². The van der Waals surface area contributed by atoms with Crippen molar-refractivity contribution in [2.75, 3.05) is 13.7 Å². The molecule has 3 aromatic rings. The lowest BCUT2D eigenvalue weighted by atomic mass is 10.1. The minimum Gasteiger partial charge on any atom is -0.496 e. The Hall–Kier alpha value is -3.00. The molecule has 1 N–H and O–H groups in total. The van der Waals surface area contributed by atoms with Crippen molar-refractivity contribution >= 4 is 11.0 Å². The van der Waals surface area contributed by atoms with Gasteiger partial charge in [0.15, 0.2) is 6.17 Å². The van der Waals surface area contributed by atoms with E-state index in [4.69, 9.17) is 4.74 Å². The number of ether oxygens (including phenoxy) is 1. The number of rotatable bonds is 9. The maximum absolute atomic E-state index is 5.61. The van der Waals surface area contributed by atoms with E-state index in [0.717, 1.165) is 40.9 Å². The molecule has 1 aliphatic heterocycles. The number of hydrogen-bond acceptors (Lipinski definition) is 7. The molecule has 0 amide bonds. The predicted octanol–water partition coefficient (Wildman–Crippen LogP) is 4.25. The molecule has 0 fully saturated rings. The van der Waals surface area contributed by atoms with Crippen molar-refractivity contribution in [3.05, 3.63) is 54.1 Å². The van der Waals surface area contributed by atoms with Crippen molar-refractivity contribution in [2.24, 2.45) is 10.3 Å². The van der Waals surface area contributed by atoms with E-state index in [9.17, 15) is 0 Å². The van der Waals surface area contributed by atoms with Crippen LogP contribution in [0.5, 0.6) is 5.75 Å². The standard InChI is InChI=1S/C21H27N7O/c1-3-4-5-6-10-28-21(24-25-26-28)16-7-8-20(29-2)17(12-16)14-27-11-9-18-19(27)13-22-15-23-18/h7-9,11-13,15,21H,3-6,10,14H2,1-2H3,(H,24,26). The number of hydrazine groups is 1. The Morgan fingerprint density at radius 2 is 2.10 bits per heavy atom. The zero-order valence-electron chi connectivity index (χ0n) is 17.0. The third-order valence-electron chi connectivity index (χ3n) is 5.28. The summed E-state index contributed by atoms with van der Waals surface area (Å²) in [6.07, 6.45) is 10.2. The molecular formula is C21H27N7O. The highest BCUT2D eigenvalue weighted by atomic mass is 16.5. The Balaban J connectivity index is 1.55. The Morgan fingerprint density at radius 3 is 2.97 bits per heavy atom. The number of nitrogens with one attached hydrogen (secondary N) is 1. The lowest BCUT2D eigenvalue weighted by Crippen LogP contribution is -2.33. The zero-order chi connectivity index (χ0) is 20.1. The number of nitrogens with zero attached hydrogens (tertiary/aromatic N) is 6. The SMILES string of the molecule is CCCCCCN1NN=NC1c1ccc(OC)c(Cn2ccc3ncncc32)c1. The van der Waals surface area contributed by atoms with Gasteiger partial charge in [0.25, 0.3) is 0 Å². The summed E-state index contributed by atoms with van der Waals surface area (Å²) in [5, 5.41) is 10.6. The minimum atomic E-state index is -0.119. The molecule has 29 heavy (non-hydrogen) atoms. The fraction of sp³-hybridized carbons (Fsp3) is 0.429. The number of methoxy groups -OCH3 is 1. The van der Waals surface area contributed by atoms with Crippen LogP contribution in [0.2, 0.25) is 0 Å². The molecule has 0 aliphatic carbocycles. The molecule has 8 heteroatoms. The molecule has 8 nitrogen and oxygen atoms in total. The van der Waals surface area contributed by atoms with Gasteiger partial charge in [0.2, 0.25) is 0 Å². The highest BCUT2D eigenvalue weighted by Gasteiger charge is 2.25. The number of unbranched alkanes of at least 4 members (excludes halogenated alkanes) is 3. The van der Waals surface area contributed by atoms with E-state index in [-0.39, 0.29) is 6.17 Å². The van der Waals surface area contributed by atoms with Crippen LogP contribution in [0.4, 0.5) is 0 Å². The molecule has 2 aromatic heterocycles. The van der Waals surface area contributed by atoms with Crippen LogP contribution < -0.4 is 10.3 Å². The molecule has 1 atom stereocenters. The van der Waals surface area contributed by atoms with E-state index in [1.165, 1.54) is 19.3 Å². The van der Waals surface area contributed by atoms with Gasteiger partial charge in [0.05, 0.1) is 30.9 Å². The summed E-state index contributed by atoms with van der Waals surface area (Å²) in [5.74, 6) is 0.852. The summed E-state index contributed by atoms with van der Waals surface area (Å²) in [7, 11) is 1.70. The van der Waals surface area contributed by atoms with Crippen LogP contribution in [-0.2, 0) is 6.54 Å². The van der Waals surface area contributed by atoms with Gasteiger partial charge in [0, 0.05) is 18.3 Å². The van der Waals surface area contributed by atoms with Crippen LogP contribution in [0.1, 0.15) is 49.9 Å². The second kappa shape index (κ2) is 9.00. The fourth-order valence-corrected chi connectivity index (χ4v) is 3.71. The molecule has 0 saturated carbocycles. The average Bonchev–Trinajstić information content (AvgIpc) is 3.39. The summed E-state index contributed by atoms with van der Waals surface area (Å²) < 4.78 is 7.75. The minimum absolute atomic E-state index is 0.119. The van der Waals surface area contributed by atoms with Crippen LogP contribution in [-0.4, -0.2) is 33.2 Å². The predicted molar refractivity (Wildman–Crippen MR) is 111 cm³/mol. The van der Waals surface area contributed by atoms with Gasteiger partial charge in [-0.3, -0.25) is 0 Å². The van der Waals surface area contributed by atoms with Crippen molar-refractivity contribution in [3.63, 3.8) is 0 Å². The van der Waals surface area contributed by atoms with E-state index >= 15 is 0 Å². The van der Waals surface area contributed by atoms with Crippen molar-refractivity contribution in [1.29, 1.82) is 0 Å². The van der Waals surface area contributed by atoms with Crippen molar-refractivity contribution < 1.29 is 4.74 Å². The zero-order valence-corrected chi connectivity index (χ0v) is 17.0. The van der Waals surface area contributed by atoms with Gasteiger partial charge in [-0.2, -0.15) is 5.01 Å². The molecule has 152 valence electrons. The van der Waals surface area contributed by atoms with Gasteiger partial charge < -0.3 is 9.30 Å². The highest BCUT2D eigenvalue weighted by Crippen LogP contribution is 2.30. The normalized spacial score (nSPS) is 16.4. The number of fused-ring (bicyclic) bond motifs is 1. The molecular weight excluding hydrogens is 366 g/mol. The first-order valence-corrected chi connectivity index (χ1v) is 10.1. The maximum atomic E-state index is 5.61. The Labute approximate surface area is 170 Å². The monoisotopic (exact) mass is 393 g/mol. The third-order valence-corrected chi connectivity index (χ3v) is 5.28. The quantitative estimate of drug-likeness (QED) is 0.550. The third kappa shape index (κ3) is 4.22. The summed E-state index contributed by atoms with van der Waals surface area (Å²) in [6.45, 7) is 3.81. The van der Waals surface area contributed by atoms with Crippen molar-refractivity contribution in [1.82, 2.24) is 25.1 Å². The van der Waals surface area contributed by atoms with Gasteiger partial charge in [0.1, 0.15) is 12.1 Å².